The fourth-order valence-corrected chi connectivity index (χ4v) is 2.32. The van der Waals surface area contributed by atoms with E-state index in [9.17, 15) is 0 Å². The van der Waals surface area contributed by atoms with Gasteiger partial charge in [-0.25, -0.2) is 4.98 Å². The number of nitrogens with zero attached hydrogens (tertiary/aromatic N) is 4. The Morgan fingerprint density at radius 2 is 1.86 bits per heavy atom. The molecule has 0 fully saturated rings. The van der Waals surface area contributed by atoms with E-state index in [0.29, 0.717) is 6.04 Å². The summed E-state index contributed by atoms with van der Waals surface area (Å²) in [4.78, 5) is 4.25. The van der Waals surface area contributed by atoms with Crippen LogP contribution in [-0.2, 0) is 0 Å². The Morgan fingerprint density at radius 1 is 1.10 bits per heavy atom. The average molecular weight is 281 g/mol. The molecule has 0 saturated heterocycles. The minimum absolute atomic E-state index is 0.212. The summed E-state index contributed by atoms with van der Waals surface area (Å²) < 4.78 is 3.91. The molecule has 1 aromatic carbocycles. The van der Waals surface area contributed by atoms with Crippen LogP contribution in [0.5, 0.6) is 0 Å². The number of rotatable bonds is 4. The van der Waals surface area contributed by atoms with Crippen LogP contribution in [0.2, 0.25) is 0 Å². The summed E-state index contributed by atoms with van der Waals surface area (Å²) in [6, 6.07) is 10.1. The highest BCUT2D eigenvalue weighted by Crippen LogP contribution is 2.22. The average Bonchev–Trinajstić information content (AvgIpc) is 3.16. The molecule has 2 heterocycles. The molecule has 2 aromatic heterocycles. The van der Waals surface area contributed by atoms with E-state index >= 15 is 0 Å². The molecule has 1 atom stereocenters. The molecule has 3 aromatic rings. The second-order valence-corrected chi connectivity index (χ2v) is 5.35. The minimum atomic E-state index is -0.212. The first-order chi connectivity index (χ1) is 10.2. The number of aromatic nitrogens is 4. The van der Waals surface area contributed by atoms with Gasteiger partial charge in [0.05, 0.1) is 36.1 Å². The molecule has 0 aliphatic heterocycles. The van der Waals surface area contributed by atoms with Gasteiger partial charge in [0.15, 0.2) is 0 Å². The molecule has 0 amide bonds. The molecular weight excluding hydrogens is 262 g/mol. The van der Waals surface area contributed by atoms with Crippen LogP contribution < -0.4 is 5.73 Å². The Labute approximate surface area is 124 Å². The molecule has 0 saturated carbocycles. The Bertz CT molecular complexity index is 711. The highest BCUT2D eigenvalue weighted by atomic mass is 15.3. The summed E-state index contributed by atoms with van der Waals surface area (Å²) in [5.74, 6) is 0. The van der Waals surface area contributed by atoms with Crippen molar-refractivity contribution < 1.29 is 0 Å². The Kier molecular flexibility index (Phi) is 3.58. The number of hydrogen-bond acceptors (Lipinski definition) is 3. The molecule has 0 radical (unpaired) electrons. The van der Waals surface area contributed by atoms with E-state index in [-0.39, 0.29) is 6.04 Å². The van der Waals surface area contributed by atoms with Crippen molar-refractivity contribution in [1.29, 1.82) is 0 Å². The summed E-state index contributed by atoms with van der Waals surface area (Å²) in [6.45, 7) is 4.20. The highest BCUT2D eigenvalue weighted by Gasteiger charge is 2.15. The van der Waals surface area contributed by atoms with Crippen molar-refractivity contribution in [3.05, 3.63) is 66.5 Å². The van der Waals surface area contributed by atoms with Gasteiger partial charge in [0.25, 0.3) is 0 Å². The minimum Gasteiger partial charge on any atom is -0.319 e. The van der Waals surface area contributed by atoms with Gasteiger partial charge in [0.2, 0.25) is 0 Å². The van der Waals surface area contributed by atoms with E-state index in [0.717, 1.165) is 16.9 Å². The molecule has 0 bridgehead atoms. The third-order valence-electron chi connectivity index (χ3n) is 3.54. The van der Waals surface area contributed by atoms with Crippen molar-refractivity contribution in [2.24, 2.45) is 5.73 Å². The summed E-state index contributed by atoms with van der Waals surface area (Å²) in [7, 11) is 0. The predicted octanol–water partition coefficient (Wildman–Crippen LogP) is 2.70. The van der Waals surface area contributed by atoms with Crippen LogP contribution in [-0.4, -0.2) is 19.3 Å². The Balaban J connectivity index is 1.97. The first-order valence-corrected chi connectivity index (χ1v) is 7.04. The van der Waals surface area contributed by atoms with Crippen molar-refractivity contribution in [2.45, 2.75) is 25.9 Å². The zero-order chi connectivity index (χ0) is 14.8. The molecule has 5 nitrogen and oxygen atoms in total. The van der Waals surface area contributed by atoms with Crippen molar-refractivity contribution in [1.82, 2.24) is 19.3 Å². The lowest BCUT2D eigenvalue weighted by molar-refractivity contribution is 0.532. The van der Waals surface area contributed by atoms with Gasteiger partial charge in [-0.15, -0.1) is 0 Å². The van der Waals surface area contributed by atoms with Crippen LogP contribution >= 0.6 is 0 Å². The first-order valence-electron chi connectivity index (χ1n) is 7.04. The van der Waals surface area contributed by atoms with Crippen LogP contribution in [0.4, 0.5) is 0 Å². The summed E-state index contributed by atoms with van der Waals surface area (Å²) >= 11 is 0. The molecule has 0 aliphatic carbocycles. The zero-order valence-corrected chi connectivity index (χ0v) is 12.2. The maximum absolute atomic E-state index is 6.38. The topological polar surface area (TPSA) is 61.7 Å². The first kappa shape index (κ1) is 13.6. The third kappa shape index (κ3) is 2.60. The number of hydrogen-bond donors (Lipinski definition) is 1. The zero-order valence-electron chi connectivity index (χ0n) is 12.2. The van der Waals surface area contributed by atoms with Crippen molar-refractivity contribution in [3.8, 4) is 5.69 Å². The molecule has 21 heavy (non-hydrogen) atoms. The van der Waals surface area contributed by atoms with Gasteiger partial charge in [-0.2, -0.15) is 5.10 Å². The van der Waals surface area contributed by atoms with Gasteiger partial charge in [-0.05, 0) is 19.4 Å². The van der Waals surface area contributed by atoms with Crippen LogP contribution in [0.1, 0.15) is 37.2 Å². The van der Waals surface area contributed by atoms with E-state index in [4.69, 9.17) is 5.73 Å². The molecule has 2 N–H and O–H groups in total. The van der Waals surface area contributed by atoms with Crippen LogP contribution in [0.25, 0.3) is 5.69 Å². The van der Waals surface area contributed by atoms with Crippen LogP contribution in [0.3, 0.4) is 0 Å². The van der Waals surface area contributed by atoms with Gasteiger partial charge in [0.1, 0.15) is 0 Å². The molecular formula is C16H19N5. The van der Waals surface area contributed by atoms with Crippen molar-refractivity contribution >= 4 is 0 Å². The number of imidazole rings is 1. The monoisotopic (exact) mass is 281 g/mol. The predicted molar refractivity (Wildman–Crippen MR) is 82.2 cm³/mol. The standard InChI is InChI=1S/C16H19N5/c1-12(2)21-10-14(8-19-21)20-11-18-9-15(20)16(17)13-6-4-3-5-7-13/h3-12,16H,17H2,1-2H3. The number of nitrogens with two attached hydrogens (primary N) is 1. The van der Waals surface area contributed by atoms with Gasteiger partial charge >= 0.3 is 0 Å². The fourth-order valence-electron chi connectivity index (χ4n) is 2.32. The van der Waals surface area contributed by atoms with Crippen molar-refractivity contribution in [2.75, 3.05) is 0 Å². The molecule has 5 heteroatoms. The lowest BCUT2D eigenvalue weighted by Crippen LogP contribution is -2.15. The van der Waals surface area contributed by atoms with Crippen LogP contribution in [0, 0.1) is 0 Å². The molecule has 0 spiro atoms. The maximum atomic E-state index is 6.38. The lowest BCUT2D eigenvalue weighted by Gasteiger charge is -2.14. The lowest BCUT2D eigenvalue weighted by atomic mass is 10.1. The molecule has 1 unspecified atom stereocenters. The summed E-state index contributed by atoms with van der Waals surface area (Å²) in [6.07, 6.45) is 7.43. The van der Waals surface area contributed by atoms with Gasteiger partial charge in [-0.3, -0.25) is 9.25 Å². The maximum Gasteiger partial charge on any atom is 0.0995 e. The molecule has 0 aliphatic rings. The molecule has 108 valence electrons. The third-order valence-corrected chi connectivity index (χ3v) is 3.54. The van der Waals surface area contributed by atoms with E-state index in [1.807, 2.05) is 58.2 Å². The highest BCUT2D eigenvalue weighted by molar-refractivity contribution is 5.34. The van der Waals surface area contributed by atoms with Gasteiger partial charge in [0, 0.05) is 12.2 Å². The second-order valence-electron chi connectivity index (χ2n) is 5.35. The van der Waals surface area contributed by atoms with E-state index in [1.54, 1.807) is 6.33 Å². The quantitative estimate of drug-likeness (QED) is 0.799. The van der Waals surface area contributed by atoms with Crippen molar-refractivity contribution in [3.63, 3.8) is 0 Å². The normalized spacial score (nSPS) is 12.8. The SMILES string of the molecule is CC(C)n1cc(-n2cncc2C(N)c2ccccc2)cn1. The largest absolute Gasteiger partial charge is 0.319 e. The number of benzene rings is 1. The van der Waals surface area contributed by atoms with E-state index < -0.39 is 0 Å². The Morgan fingerprint density at radius 3 is 2.52 bits per heavy atom. The van der Waals surface area contributed by atoms with Crippen LogP contribution in [0.15, 0.2) is 55.2 Å². The summed E-state index contributed by atoms with van der Waals surface area (Å²) in [5, 5.41) is 4.37. The Hall–Kier alpha value is -2.40. The van der Waals surface area contributed by atoms with E-state index in [1.165, 1.54) is 0 Å². The molecule has 3 rings (SSSR count). The summed E-state index contributed by atoms with van der Waals surface area (Å²) in [5.41, 5.74) is 9.37. The smallest absolute Gasteiger partial charge is 0.0995 e. The second kappa shape index (κ2) is 5.54. The van der Waals surface area contributed by atoms with Gasteiger partial charge in [-0.1, -0.05) is 30.3 Å². The fraction of sp³-hybridized carbons (Fsp3) is 0.250. The van der Waals surface area contributed by atoms with Gasteiger partial charge < -0.3 is 5.73 Å². The van der Waals surface area contributed by atoms with E-state index in [2.05, 4.69) is 23.9 Å².